The highest BCUT2D eigenvalue weighted by Crippen LogP contribution is 2.30. The molecule has 4 rings (SSSR count). The first-order valence-corrected chi connectivity index (χ1v) is 12.6. The fraction of sp³-hybridized carbons (Fsp3) is 0.238. The summed E-state index contributed by atoms with van der Waals surface area (Å²) in [5.74, 6) is -0.795. The lowest BCUT2D eigenvalue weighted by Crippen LogP contribution is -2.30. The Morgan fingerprint density at radius 3 is 2.39 bits per heavy atom. The minimum atomic E-state index is -3.78. The Hall–Kier alpha value is -2.84. The zero-order valence-corrected chi connectivity index (χ0v) is 20.9. The van der Waals surface area contributed by atoms with Crippen LogP contribution in [0, 0.1) is 3.70 Å². The van der Waals surface area contributed by atoms with Crippen LogP contribution in [-0.2, 0) is 32.7 Å². The van der Waals surface area contributed by atoms with Crippen LogP contribution in [0.3, 0.4) is 0 Å². The van der Waals surface area contributed by atoms with Gasteiger partial charge in [-0.15, -0.1) is 5.10 Å². The summed E-state index contributed by atoms with van der Waals surface area (Å²) in [6.07, 6.45) is 2.42. The molecule has 0 saturated heterocycles. The van der Waals surface area contributed by atoms with Crippen molar-refractivity contribution in [3.63, 3.8) is 0 Å². The van der Waals surface area contributed by atoms with Gasteiger partial charge in [-0.25, -0.2) is 17.8 Å². The van der Waals surface area contributed by atoms with E-state index in [1.807, 2.05) is 59.8 Å². The van der Waals surface area contributed by atoms with Gasteiger partial charge in [0.2, 0.25) is 10.0 Å². The maximum absolute atomic E-state index is 13.0. The number of carbonyl (C=O) groups is 2. The highest BCUT2D eigenvalue weighted by molar-refractivity contribution is 14.1. The Morgan fingerprint density at radius 2 is 1.70 bits per heavy atom. The number of imide groups is 1. The Labute approximate surface area is 204 Å². The molecule has 10 nitrogen and oxygen atoms in total. The molecule has 0 unspecified atom stereocenters. The van der Waals surface area contributed by atoms with Crippen LogP contribution in [0.15, 0.2) is 53.4 Å². The maximum Gasteiger partial charge on any atom is 0.253 e. The van der Waals surface area contributed by atoms with Gasteiger partial charge in [0.25, 0.3) is 11.8 Å². The second kappa shape index (κ2) is 9.19. The summed E-state index contributed by atoms with van der Waals surface area (Å²) in [4.78, 5) is 26.7. The van der Waals surface area contributed by atoms with Gasteiger partial charge in [0.1, 0.15) is 9.39 Å². The van der Waals surface area contributed by atoms with Crippen LogP contribution in [0.5, 0.6) is 0 Å². The van der Waals surface area contributed by atoms with Gasteiger partial charge in [0, 0.05) is 49.3 Å². The summed E-state index contributed by atoms with van der Waals surface area (Å²) in [5, 5.41) is 9.56. The number of nitrogens with one attached hydrogen (secondary N) is 1. The number of carbonyl (C=O) groups excluding carboxylic acids is 2. The number of rotatable bonds is 8. The van der Waals surface area contributed by atoms with Crippen molar-refractivity contribution in [3.8, 4) is 0 Å². The molecule has 0 saturated carbocycles. The van der Waals surface area contributed by atoms with Crippen molar-refractivity contribution in [2.24, 2.45) is 0 Å². The molecule has 1 N–H and O–H groups in total. The Bertz CT molecular complexity index is 1360. The third-order valence-corrected chi connectivity index (χ3v) is 7.89. The largest absolute Gasteiger partial charge is 0.377 e. The average Bonchev–Trinajstić information content (AvgIpc) is 3.29. The second-order valence-electron chi connectivity index (χ2n) is 7.57. The summed E-state index contributed by atoms with van der Waals surface area (Å²) in [6.45, 7) is 0.339. The molecule has 2 aromatic carbocycles. The Morgan fingerprint density at radius 1 is 1.03 bits per heavy atom. The lowest BCUT2D eigenvalue weighted by atomic mass is 10.1. The first kappa shape index (κ1) is 23.3. The zero-order chi connectivity index (χ0) is 23.8. The van der Waals surface area contributed by atoms with Crippen molar-refractivity contribution < 1.29 is 18.0 Å². The number of anilines is 1. The van der Waals surface area contributed by atoms with E-state index in [4.69, 9.17) is 0 Å². The van der Waals surface area contributed by atoms with Gasteiger partial charge in [-0.3, -0.25) is 14.5 Å². The van der Waals surface area contributed by atoms with Gasteiger partial charge in [-0.05, 0) is 34.7 Å². The molecular formula is C21H21IN6O4S. The third kappa shape index (κ3) is 4.63. The first-order chi connectivity index (χ1) is 15.7. The number of sulfonamides is 1. The number of benzene rings is 2. The van der Waals surface area contributed by atoms with Crippen LogP contribution in [0.25, 0.3) is 10.8 Å². The number of fused-ring (bicyclic) bond motifs is 1. The molecule has 1 aliphatic rings. The average molecular weight is 580 g/mol. The number of nitrogens with zero attached hydrogens (tertiary/aromatic N) is 5. The summed E-state index contributed by atoms with van der Waals surface area (Å²) in [5.41, 5.74) is 1.40. The topological polar surface area (TPSA) is 118 Å². The van der Waals surface area contributed by atoms with E-state index in [1.165, 1.54) is 16.8 Å². The monoisotopic (exact) mass is 580 g/mol. The lowest BCUT2D eigenvalue weighted by molar-refractivity contribution is -0.137. The minimum Gasteiger partial charge on any atom is -0.377 e. The highest BCUT2D eigenvalue weighted by Gasteiger charge is 2.26. The van der Waals surface area contributed by atoms with Gasteiger partial charge >= 0.3 is 0 Å². The van der Waals surface area contributed by atoms with Crippen LogP contribution < -0.4 is 9.62 Å². The van der Waals surface area contributed by atoms with E-state index in [-0.39, 0.29) is 24.5 Å². The predicted molar refractivity (Wildman–Crippen MR) is 131 cm³/mol. The van der Waals surface area contributed by atoms with E-state index in [0.717, 1.165) is 16.0 Å². The second-order valence-corrected chi connectivity index (χ2v) is 10.3. The fourth-order valence-electron chi connectivity index (χ4n) is 3.57. The molecule has 0 aliphatic carbocycles. The summed E-state index contributed by atoms with van der Waals surface area (Å²) in [6, 6.07) is 10.8. The van der Waals surface area contributed by atoms with Crippen molar-refractivity contribution >= 4 is 60.9 Å². The van der Waals surface area contributed by atoms with Crippen molar-refractivity contribution in [2.75, 3.05) is 25.5 Å². The smallest absolute Gasteiger partial charge is 0.253 e. The van der Waals surface area contributed by atoms with Gasteiger partial charge < -0.3 is 4.90 Å². The molecule has 1 aliphatic heterocycles. The van der Waals surface area contributed by atoms with E-state index in [9.17, 15) is 18.0 Å². The SMILES string of the molecule is CN(C)c1cccc2c(S(=O)(=O)NCCn3nnc(CN4C(=O)C=CC4=O)c3I)cccc12. The van der Waals surface area contributed by atoms with Gasteiger partial charge in [0.15, 0.2) is 0 Å². The van der Waals surface area contributed by atoms with E-state index in [2.05, 4.69) is 15.0 Å². The number of aromatic nitrogens is 3. The standard InChI is InChI=1S/C21H21IN6O4S/c1-26(2)17-7-3-6-15-14(17)5-4-8-18(15)33(31,32)23-11-12-28-21(22)16(24-25-28)13-27-19(29)9-10-20(27)30/h3-10,23H,11-13H2,1-2H3. The Balaban J connectivity index is 1.47. The molecule has 2 amide bonds. The van der Waals surface area contributed by atoms with E-state index >= 15 is 0 Å². The number of halogens is 1. The Kier molecular flexibility index (Phi) is 6.50. The molecule has 0 fully saturated rings. The molecule has 3 aromatic rings. The first-order valence-electron chi connectivity index (χ1n) is 9.99. The number of amides is 2. The summed E-state index contributed by atoms with van der Waals surface area (Å²) in [7, 11) is 0.0449. The molecule has 0 bridgehead atoms. The van der Waals surface area contributed by atoms with Gasteiger partial charge in [-0.2, -0.15) is 0 Å². The maximum atomic E-state index is 13.0. The normalized spacial score (nSPS) is 14.0. The summed E-state index contributed by atoms with van der Waals surface area (Å²) >= 11 is 2.02. The van der Waals surface area contributed by atoms with Gasteiger partial charge in [-0.1, -0.05) is 29.5 Å². The van der Waals surface area contributed by atoms with Crippen LogP contribution in [0.4, 0.5) is 5.69 Å². The van der Waals surface area contributed by atoms with E-state index in [1.54, 1.807) is 18.2 Å². The molecule has 1 aromatic heterocycles. The van der Waals surface area contributed by atoms with Crippen LogP contribution in [0.1, 0.15) is 5.69 Å². The van der Waals surface area contributed by atoms with Crippen molar-refractivity contribution in [2.45, 2.75) is 18.0 Å². The van der Waals surface area contributed by atoms with Crippen molar-refractivity contribution in [1.82, 2.24) is 24.6 Å². The number of hydrogen-bond acceptors (Lipinski definition) is 7. The third-order valence-electron chi connectivity index (χ3n) is 5.19. The summed E-state index contributed by atoms with van der Waals surface area (Å²) < 4.78 is 30.9. The quantitative estimate of drug-likeness (QED) is 0.317. The molecule has 172 valence electrons. The molecule has 0 spiro atoms. The van der Waals surface area contributed by atoms with Crippen LogP contribution in [-0.4, -0.2) is 60.8 Å². The molecule has 0 atom stereocenters. The minimum absolute atomic E-state index is 0.0128. The van der Waals surface area contributed by atoms with Crippen molar-refractivity contribution in [1.29, 1.82) is 0 Å². The van der Waals surface area contributed by atoms with Crippen LogP contribution >= 0.6 is 22.6 Å². The predicted octanol–water partition coefficient (Wildman–Crippen LogP) is 1.51. The van der Waals surface area contributed by atoms with E-state index in [0.29, 0.717) is 14.8 Å². The molecule has 2 heterocycles. The van der Waals surface area contributed by atoms with E-state index < -0.39 is 21.8 Å². The molecule has 12 heteroatoms. The zero-order valence-electron chi connectivity index (χ0n) is 17.9. The fourth-order valence-corrected chi connectivity index (χ4v) is 5.42. The number of hydrogen-bond donors (Lipinski definition) is 1. The highest BCUT2D eigenvalue weighted by atomic mass is 127. The van der Waals surface area contributed by atoms with Crippen LogP contribution in [0.2, 0.25) is 0 Å². The molecular weight excluding hydrogens is 559 g/mol. The molecule has 0 radical (unpaired) electrons. The van der Waals surface area contributed by atoms with Gasteiger partial charge in [0.05, 0.1) is 18.0 Å². The lowest BCUT2D eigenvalue weighted by Gasteiger charge is -2.17. The van der Waals surface area contributed by atoms with Crippen molar-refractivity contribution in [3.05, 3.63) is 57.9 Å². The molecule has 33 heavy (non-hydrogen) atoms.